The van der Waals surface area contributed by atoms with Gasteiger partial charge in [0, 0.05) is 13.1 Å². The van der Waals surface area contributed by atoms with Crippen molar-refractivity contribution in [2.45, 2.75) is 40.5 Å². The van der Waals surface area contributed by atoms with Crippen LogP contribution < -0.4 is 14.4 Å². The van der Waals surface area contributed by atoms with E-state index >= 15 is 0 Å². The monoisotopic (exact) mass is 641 g/mol. The normalized spacial score (nSPS) is 12.2. The molecule has 2 aromatic carbocycles. The topological polar surface area (TPSA) is 103 Å². The first kappa shape index (κ1) is 29.7. The van der Waals surface area contributed by atoms with Gasteiger partial charge in [-0.2, -0.15) is 10.5 Å². The maximum absolute atomic E-state index is 11.8. The zero-order valence-corrected chi connectivity index (χ0v) is 24.2. The molecule has 1 heterocycles. The molecular weight excluding hydrogens is 616 g/mol. The Balaban J connectivity index is 0.000000261. The smallest absolute Gasteiger partial charge is 0.163 e. The van der Waals surface area contributed by atoms with E-state index in [9.17, 15) is 14.9 Å². The number of anilines is 1. The van der Waals surface area contributed by atoms with Crippen LogP contribution in [0.3, 0.4) is 0 Å². The molecule has 0 aliphatic carbocycles. The first-order valence-electron chi connectivity index (χ1n) is 11.3. The highest BCUT2D eigenvalue weighted by atomic mass is 127. The second kappa shape index (κ2) is 13.7. The highest BCUT2D eigenvalue weighted by Gasteiger charge is 2.26. The lowest BCUT2D eigenvalue weighted by molar-refractivity contribution is 0.100. The van der Waals surface area contributed by atoms with Crippen molar-refractivity contribution in [3.05, 3.63) is 48.0 Å². The van der Waals surface area contributed by atoms with Gasteiger partial charge in [0.25, 0.3) is 0 Å². The minimum absolute atomic E-state index is 0.111. The number of Topliss-reactive ketones (excluding diaryl/α,β-unsaturated/α-hetero) is 2. The van der Waals surface area contributed by atoms with Crippen LogP contribution in [-0.4, -0.2) is 37.9 Å². The second-order valence-electron chi connectivity index (χ2n) is 7.78. The number of hydrogen-bond acceptors (Lipinski definition) is 7. The third-order valence-corrected chi connectivity index (χ3v) is 6.99. The minimum atomic E-state index is -0.132. The lowest BCUT2D eigenvalue weighted by Gasteiger charge is -2.24. The van der Waals surface area contributed by atoms with Gasteiger partial charge in [-0.05, 0) is 75.3 Å². The van der Waals surface area contributed by atoms with E-state index in [1.165, 1.54) is 26.0 Å². The minimum Gasteiger partial charge on any atom is -0.492 e. The number of rotatable bonds is 7. The summed E-state index contributed by atoms with van der Waals surface area (Å²) in [4.78, 5) is 25.3. The molecular formula is C26H26Cl2IN3O4. The van der Waals surface area contributed by atoms with Crippen LogP contribution in [0.5, 0.6) is 11.5 Å². The van der Waals surface area contributed by atoms with E-state index in [0.717, 1.165) is 25.9 Å². The Labute approximate surface area is 235 Å². The standard InChI is InChI=1S/C15H17ClN2O2.C11H9ClINO2/c1-3-20-15-11(10(2)19)8-13(16)12(9-17)14(15)18-6-4-5-7-18;1-3-16-11-7(6(2)15)4-9(12)8(5-14)10(11)13/h8H,3-7H2,1-2H3;4H,3H2,1-2H3. The average molecular weight is 642 g/mol. The van der Waals surface area contributed by atoms with Crippen molar-refractivity contribution in [3.8, 4) is 23.6 Å². The van der Waals surface area contributed by atoms with E-state index in [0.29, 0.717) is 61.2 Å². The van der Waals surface area contributed by atoms with Crippen LogP contribution in [0.2, 0.25) is 10.0 Å². The Morgan fingerprint density at radius 2 is 1.36 bits per heavy atom. The molecule has 190 valence electrons. The molecule has 0 amide bonds. The van der Waals surface area contributed by atoms with Crippen LogP contribution in [-0.2, 0) is 0 Å². The molecule has 0 aromatic heterocycles. The summed E-state index contributed by atoms with van der Waals surface area (Å²) in [6.07, 6.45) is 2.14. The van der Waals surface area contributed by atoms with Crippen molar-refractivity contribution >= 4 is 63.0 Å². The molecule has 10 heteroatoms. The number of hydrogen-bond donors (Lipinski definition) is 0. The molecule has 0 N–H and O–H groups in total. The van der Waals surface area contributed by atoms with Crippen molar-refractivity contribution in [2.75, 3.05) is 31.2 Å². The van der Waals surface area contributed by atoms with Gasteiger partial charge in [0.2, 0.25) is 0 Å². The van der Waals surface area contributed by atoms with Gasteiger partial charge in [-0.25, -0.2) is 0 Å². The summed E-state index contributed by atoms with van der Waals surface area (Å²) < 4.78 is 11.6. The lowest BCUT2D eigenvalue weighted by Crippen LogP contribution is -2.21. The zero-order valence-electron chi connectivity index (χ0n) is 20.5. The van der Waals surface area contributed by atoms with Crippen molar-refractivity contribution in [3.63, 3.8) is 0 Å². The number of benzene rings is 2. The van der Waals surface area contributed by atoms with E-state index < -0.39 is 0 Å². The van der Waals surface area contributed by atoms with Crippen LogP contribution in [0.25, 0.3) is 0 Å². The van der Waals surface area contributed by atoms with Crippen LogP contribution in [0.4, 0.5) is 5.69 Å². The Morgan fingerprint density at radius 1 is 0.917 bits per heavy atom. The summed E-state index contributed by atoms with van der Waals surface area (Å²) in [5.74, 6) is 0.687. The molecule has 0 radical (unpaired) electrons. The van der Waals surface area contributed by atoms with Gasteiger partial charge in [-0.1, -0.05) is 23.2 Å². The van der Waals surface area contributed by atoms with Gasteiger partial charge in [0.1, 0.15) is 17.9 Å². The van der Waals surface area contributed by atoms with Gasteiger partial charge in [-0.15, -0.1) is 0 Å². The Morgan fingerprint density at radius 3 is 1.81 bits per heavy atom. The molecule has 0 spiro atoms. The fraction of sp³-hybridized carbons (Fsp3) is 0.385. The number of halogens is 3. The molecule has 0 atom stereocenters. The van der Waals surface area contributed by atoms with Gasteiger partial charge in [0.15, 0.2) is 17.3 Å². The summed E-state index contributed by atoms with van der Waals surface area (Å²) in [5, 5.41) is 18.9. The van der Waals surface area contributed by atoms with E-state index in [1.807, 2.05) is 42.5 Å². The molecule has 1 aliphatic heterocycles. The number of carbonyl (C=O) groups is 2. The maximum Gasteiger partial charge on any atom is 0.163 e. The summed E-state index contributed by atoms with van der Waals surface area (Å²) >= 11 is 14.1. The summed E-state index contributed by atoms with van der Waals surface area (Å²) in [6, 6.07) is 7.16. The molecule has 36 heavy (non-hydrogen) atoms. The number of nitrogens with zero attached hydrogens (tertiary/aromatic N) is 3. The van der Waals surface area contributed by atoms with Crippen molar-refractivity contribution in [1.82, 2.24) is 0 Å². The molecule has 3 rings (SSSR count). The average Bonchev–Trinajstić information content (AvgIpc) is 3.36. The molecule has 1 saturated heterocycles. The Bertz CT molecular complexity index is 1250. The highest BCUT2D eigenvalue weighted by molar-refractivity contribution is 14.1. The molecule has 1 fully saturated rings. The van der Waals surface area contributed by atoms with Gasteiger partial charge in [0.05, 0.1) is 54.8 Å². The Kier molecular flexibility index (Phi) is 11.3. The largest absolute Gasteiger partial charge is 0.492 e. The van der Waals surface area contributed by atoms with E-state index in [1.54, 1.807) is 0 Å². The molecule has 0 bridgehead atoms. The number of nitriles is 2. The molecule has 2 aromatic rings. The van der Waals surface area contributed by atoms with Crippen LogP contribution in [0.15, 0.2) is 12.1 Å². The van der Waals surface area contributed by atoms with Crippen molar-refractivity contribution < 1.29 is 19.1 Å². The van der Waals surface area contributed by atoms with Crippen LogP contribution >= 0.6 is 45.8 Å². The highest BCUT2D eigenvalue weighted by Crippen LogP contribution is 2.41. The first-order valence-corrected chi connectivity index (χ1v) is 13.2. The lowest BCUT2D eigenvalue weighted by atomic mass is 10.0. The molecule has 7 nitrogen and oxygen atoms in total. The SMILES string of the molecule is CCOc1c(C(C)=O)cc(Cl)c(C#N)c1I.CCOc1c(C(C)=O)cc(Cl)c(C#N)c1N1CCCC1. The fourth-order valence-corrected chi connectivity index (χ4v) is 5.27. The predicted octanol–water partition coefficient (Wildman–Crippen LogP) is 6.83. The van der Waals surface area contributed by atoms with Crippen molar-refractivity contribution in [1.29, 1.82) is 10.5 Å². The molecule has 0 saturated carbocycles. The van der Waals surface area contributed by atoms with Crippen LogP contribution in [0.1, 0.15) is 72.4 Å². The molecule has 1 aliphatic rings. The van der Waals surface area contributed by atoms with E-state index in [4.69, 9.17) is 37.9 Å². The van der Waals surface area contributed by atoms with E-state index in [2.05, 4.69) is 11.0 Å². The maximum atomic E-state index is 11.8. The summed E-state index contributed by atoms with van der Waals surface area (Å²) in [6.45, 7) is 9.18. The number of ketones is 2. The third kappa shape index (κ3) is 6.61. The van der Waals surface area contributed by atoms with Crippen molar-refractivity contribution in [2.24, 2.45) is 0 Å². The summed E-state index contributed by atoms with van der Waals surface area (Å²) in [5.41, 5.74) is 2.26. The quantitative estimate of drug-likeness (QED) is 0.241. The van der Waals surface area contributed by atoms with Gasteiger partial charge < -0.3 is 14.4 Å². The fourth-order valence-electron chi connectivity index (χ4n) is 3.77. The second-order valence-corrected chi connectivity index (χ2v) is 9.67. The molecule has 0 unspecified atom stereocenters. The van der Waals surface area contributed by atoms with E-state index in [-0.39, 0.29) is 16.6 Å². The third-order valence-electron chi connectivity index (χ3n) is 5.36. The first-order chi connectivity index (χ1) is 17.1. The number of carbonyl (C=O) groups excluding carboxylic acids is 2. The Hall–Kier alpha value is -2.53. The zero-order chi connectivity index (χ0) is 27.0. The van der Waals surface area contributed by atoms with Gasteiger partial charge >= 0.3 is 0 Å². The van der Waals surface area contributed by atoms with Crippen LogP contribution in [0, 0.1) is 26.2 Å². The van der Waals surface area contributed by atoms with Gasteiger partial charge in [-0.3, -0.25) is 9.59 Å². The summed E-state index contributed by atoms with van der Waals surface area (Å²) in [7, 11) is 0. The number of ether oxygens (including phenoxy) is 2. The predicted molar refractivity (Wildman–Crippen MR) is 149 cm³/mol.